The number of hydrogen-bond donors (Lipinski definition) is 3. The van der Waals surface area contributed by atoms with Crippen molar-refractivity contribution < 1.29 is 27.8 Å². The summed E-state index contributed by atoms with van der Waals surface area (Å²) in [6.45, 7) is -0.263. The lowest BCUT2D eigenvalue weighted by molar-refractivity contribution is 0.0691. The maximum Gasteiger partial charge on any atom is 0.338 e. The number of carbonyl (C=O) groups is 1. The zero-order chi connectivity index (χ0) is 15.8. The summed E-state index contributed by atoms with van der Waals surface area (Å²) < 4.78 is 40.1. The first-order valence-electron chi connectivity index (χ1n) is 6.12. The molecular formula is C12H13ClFNO5S. The molecule has 6 nitrogen and oxygen atoms in total. The molecule has 0 spiro atoms. The van der Waals surface area contributed by atoms with Crippen LogP contribution in [-0.2, 0) is 10.0 Å². The van der Waals surface area contributed by atoms with Crippen LogP contribution in [0.5, 0.6) is 0 Å². The lowest BCUT2D eigenvalue weighted by Crippen LogP contribution is -2.33. The molecule has 0 heterocycles. The predicted octanol–water partition coefficient (Wildman–Crippen LogP) is 1.23. The Morgan fingerprint density at radius 1 is 1.48 bits per heavy atom. The highest BCUT2D eigenvalue weighted by Crippen LogP contribution is 2.32. The molecule has 1 aliphatic carbocycles. The van der Waals surface area contributed by atoms with E-state index in [1.807, 2.05) is 0 Å². The van der Waals surface area contributed by atoms with Crippen LogP contribution < -0.4 is 4.72 Å². The summed E-state index contributed by atoms with van der Waals surface area (Å²) in [5.41, 5.74) is -0.828. The first kappa shape index (κ1) is 16.2. The topological polar surface area (TPSA) is 104 Å². The second-order valence-electron chi connectivity index (χ2n) is 4.83. The van der Waals surface area contributed by atoms with Crippen LogP contribution in [0.15, 0.2) is 17.0 Å². The number of rotatable bonds is 6. The van der Waals surface area contributed by atoms with E-state index in [0.717, 1.165) is 25.0 Å². The highest BCUT2D eigenvalue weighted by atomic mass is 35.5. The van der Waals surface area contributed by atoms with E-state index in [2.05, 4.69) is 4.72 Å². The van der Waals surface area contributed by atoms with Crippen LogP contribution in [0.2, 0.25) is 5.02 Å². The van der Waals surface area contributed by atoms with E-state index in [0.29, 0.717) is 0 Å². The maximum absolute atomic E-state index is 14.0. The van der Waals surface area contributed by atoms with E-state index in [1.165, 1.54) is 0 Å². The van der Waals surface area contributed by atoms with E-state index in [-0.39, 0.29) is 17.5 Å². The second kappa shape index (κ2) is 5.88. The van der Waals surface area contributed by atoms with Gasteiger partial charge in [0.1, 0.15) is 4.90 Å². The zero-order valence-corrected chi connectivity index (χ0v) is 12.3. The van der Waals surface area contributed by atoms with E-state index in [9.17, 15) is 22.7 Å². The van der Waals surface area contributed by atoms with Gasteiger partial charge in [-0.25, -0.2) is 22.3 Å². The molecule has 1 aromatic rings. The monoisotopic (exact) mass is 337 g/mol. The minimum atomic E-state index is -4.30. The Bertz CT molecular complexity index is 674. The first-order valence-corrected chi connectivity index (χ1v) is 7.98. The molecule has 0 bridgehead atoms. The summed E-state index contributed by atoms with van der Waals surface area (Å²) in [6, 6.07) is 1.66. The van der Waals surface area contributed by atoms with Gasteiger partial charge >= 0.3 is 5.97 Å². The molecule has 1 aliphatic rings. The number of carboxylic acid groups (broad SMARTS) is 1. The fraction of sp³-hybridized carbons (Fsp3) is 0.417. The molecule has 1 atom stereocenters. The third-order valence-corrected chi connectivity index (χ3v) is 4.81. The van der Waals surface area contributed by atoms with Gasteiger partial charge in [-0.05, 0) is 30.9 Å². The van der Waals surface area contributed by atoms with E-state index in [1.54, 1.807) is 0 Å². The number of nitrogens with one attached hydrogen (secondary N) is 1. The first-order chi connectivity index (χ1) is 9.72. The van der Waals surface area contributed by atoms with Gasteiger partial charge in [0.15, 0.2) is 5.82 Å². The van der Waals surface area contributed by atoms with Crippen LogP contribution in [0.1, 0.15) is 23.2 Å². The van der Waals surface area contributed by atoms with Crippen molar-refractivity contribution in [3.63, 3.8) is 0 Å². The molecule has 0 aromatic heterocycles. The fourth-order valence-corrected chi connectivity index (χ4v) is 3.29. The van der Waals surface area contributed by atoms with Crippen molar-refractivity contribution in [2.75, 3.05) is 6.54 Å². The molecule has 1 aromatic carbocycles. The smallest absolute Gasteiger partial charge is 0.338 e. The third-order valence-electron chi connectivity index (χ3n) is 3.17. The van der Waals surface area contributed by atoms with Crippen molar-refractivity contribution >= 4 is 27.6 Å². The molecular weight excluding hydrogens is 325 g/mol. The normalized spacial score (nSPS) is 16.7. The molecule has 9 heteroatoms. The number of aliphatic hydroxyl groups is 1. The Kier molecular flexibility index (Phi) is 4.52. The molecule has 0 saturated heterocycles. The molecule has 1 saturated carbocycles. The van der Waals surface area contributed by atoms with E-state index < -0.39 is 38.4 Å². The summed E-state index contributed by atoms with van der Waals surface area (Å²) in [7, 11) is -4.30. The van der Waals surface area contributed by atoms with Crippen LogP contribution in [-0.4, -0.2) is 37.2 Å². The van der Waals surface area contributed by atoms with Crippen LogP contribution in [0.4, 0.5) is 4.39 Å². The van der Waals surface area contributed by atoms with E-state index in [4.69, 9.17) is 16.7 Å². The van der Waals surface area contributed by atoms with Gasteiger partial charge in [0.2, 0.25) is 10.0 Å². The highest BCUT2D eigenvalue weighted by Gasteiger charge is 2.31. The molecule has 1 fully saturated rings. The molecule has 0 radical (unpaired) electrons. The SMILES string of the molecule is O=C(O)c1cc(Cl)cc(S(=O)(=O)NCC(O)C2CC2)c1F. The van der Waals surface area contributed by atoms with Crippen molar-refractivity contribution in [3.05, 3.63) is 28.5 Å². The number of benzene rings is 1. The standard InChI is InChI=1S/C12H13ClFNO5S/c13-7-3-8(12(17)18)11(14)10(4-7)21(19,20)15-5-9(16)6-1-2-6/h3-4,6,9,15-16H,1-2,5H2,(H,17,18). The Morgan fingerprint density at radius 3 is 2.62 bits per heavy atom. The summed E-state index contributed by atoms with van der Waals surface area (Å²) in [6.07, 6.45) is 0.788. The highest BCUT2D eigenvalue weighted by molar-refractivity contribution is 7.89. The lowest BCUT2D eigenvalue weighted by Gasteiger charge is -2.12. The molecule has 21 heavy (non-hydrogen) atoms. The zero-order valence-electron chi connectivity index (χ0n) is 10.7. The molecule has 1 unspecified atom stereocenters. The summed E-state index contributed by atoms with van der Waals surface area (Å²) in [4.78, 5) is 10.0. The van der Waals surface area contributed by atoms with Gasteiger partial charge in [-0.3, -0.25) is 0 Å². The van der Waals surface area contributed by atoms with Crippen molar-refractivity contribution in [3.8, 4) is 0 Å². The lowest BCUT2D eigenvalue weighted by atomic mass is 10.2. The second-order valence-corrected chi connectivity index (χ2v) is 7.00. The number of sulfonamides is 1. The van der Waals surface area contributed by atoms with Crippen LogP contribution in [0.3, 0.4) is 0 Å². The van der Waals surface area contributed by atoms with Gasteiger partial charge in [0.05, 0.1) is 11.7 Å². The maximum atomic E-state index is 14.0. The van der Waals surface area contributed by atoms with Crippen LogP contribution >= 0.6 is 11.6 Å². The van der Waals surface area contributed by atoms with Gasteiger partial charge in [0.25, 0.3) is 0 Å². The Balaban J connectivity index is 2.28. The largest absolute Gasteiger partial charge is 0.478 e. The molecule has 0 aliphatic heterocycles. The fourth-order valence-electron chi connectivity index (χ4n) is 1.84. The minimum absolute atomic E-state index is 0.0477. The number of carboxylic acids is 1. The van der Waals surface area contributed by atoms with Crippen molar-refractivity contribution in [2.45, 2.75) is 23.8 Å². The number of aliphatic hydroxyl groups excluding tert-OH is 1. The Morgan fingerprint density at radius 2 is 2.10 bits per heavy atom. The number of halogens is 2. The summed E-state index contributed by atoms with van der Waals surface area (Å²) >= 11 is 5.62. The van der Waals surface area contributed by atoms with Gasteiger partial charge in [-0.1, -0.05) is 11.6 Å². The Labute approximate surface area is 125 Å². The third kappa shape index (κ3) is 3.70. The quantitative estimate of drug-likeness (QED) is 0.724. The average Bonchev–Trinajstić information content (AvgIpc) is 3.22. The van der Waals surface area contributed by atoms with E-state index >= 15 is 0 Å². The molecule has 116 valence electrons. The minimum Gasteiger partial charge on any atom is -0.478 e. The van der Waals surface area contributed by atoms with Crippen molar-refractivity contribution in [1.29, 1.82) is 0 Å². The van der Waals surface area contributed by atoms with Crippen molar-refractivity contribution in [1.82, 2.24) is 4.72 Å². The van der Waals surface area contributed by atoms with Crippen molar-refractivity contribution in [2.24, 2.45) is 5.92 Å². The average molecular weight is 338 g/mol. The molecule has 2 rings (SSSR count). The number of aromatic carboxylic acids is 1. The summed E-state index contributed by atoms with van der Waals surface area (Å²) in [5, 5.41) is 18.2. The van der Waals surface area contributed by atoms with Gasteiger partial charge in [-0.15, -0.1) is 0 Å². The summed E-state index contributed by atoms with van der Waals surface area (Å²) in [5.74, 6) is -2.96. The van der Waals surface area contributed by atoms with Crippen LogP contribution in [0.25, 0.3) is 0 Å². The number of hydrogen-bond acceptors (Lipinski definition) is 4. The Hall–Kier alpha value is -1.22. The molecule has 0 amide bonds. The van der Waals surface area contributed by atoms with Gasteiger partial charge in [0, 0.05) is 11.6 Å². The van der Waals surface area contributed by atoms with Gasteiger partial charge < -0.3 is 10.2 Å². The predicted molar refractivity (Wildman–Crippen MR) is 72.3 cm³/mol. The van der Waals surface area contributed by atoms with Gasteiger partial charge in [-0.2, -0.15) is 0 Å². The molecule has 3 N–H and O–H groups in total. The van der Waals surface area contributed by atoms with Crippen LogP contribution in [0, 0.1) is 11.7 Å².